The number of rotatable bonds is 5. The molecule has 102 valence electrons. The molecule has 2 N–H and O–H groups in total. The van der Waals surface area contributed by atoms with Gasteiger partial charge in [0.25, 0.3) is 0 Å². The molecule has 2 aromatic rings. The van der Waals surface area contributed by atoms with E-state index >= 15 is 0 Å². The van der Waals surface area contributed by atoms with Gasteiger partial charge < -0.3 is 15.2 Å². The van der Waals surface area contributed by atoms with Crippen LogP contribution in [0.5, 0.6) is 0 Å². The first-order chi connectivity index (χ1) is 9.06. The Morgan fingerprint density at radius 1 is 1.42 bits per heavy atom. The summed E-state index contributed by atoms with van der Waals surface area (Å²) in [5, 5.41) is 0.361. The van der Waals surface area contributed by atoms with Crippen LogP contribution in [0, 0.1) is 6.92 Å². The SMILES string of the molecule is Cc1nccn1CCCN(C)c1cc(Cl)nc(N)n1. The van der Waals surface area contributed by atoms with Crippen molar-refractivity contribution in [3.63, 3.8) is 0 Å². The molecule has 2 aromatic heterocycles. The van der Waals surface area contributed by atoms with Gasteiger partial charge in [-0.05, 0) is 13.3 Å². The van der Waals surface area contributed by atoms with E-state index in [4.69, 9.17) is 17.3 Å². The molecule has 0 atom stereocenters. The van der Waals surface area contributed by atoms with Gasteiger partial charge in [-0.15, -0.1) is 0 Å². The molecule has 0 aromatic carbocycles. The Morgan fingerprint density at radius 3 is 2.84 bits per heavy atom. The number of nitrogens with zero attached hydrogens (tertiary/aromatic N) is 5. The molecule has 0 unspecified atom stereocenters. The van der Waals surface area contributed by atoms with Crippen LogP contribution in [-0.2, 0) is 6.54 Å². The fourth-order valence-electron chi connectivity index (χ4n) is 1.85. The van der Waals surface area contributed by atoms with E-state index in [-0.39, 0.29) is 5.95 Å². The van der Waals surface area contributed by atoms with Gasteiger partial charge in [0.05, 0.1) is 0 Å². The van der Waals surface area contributed by atoms with Crippen LogP contribution in [0.25, 0.3) is 0 Å². The van der Waals surface area contributed by atoms with Crippen LogP contribution < -0.4 is 10.6 Å². The minimum Gasteiger partial charge on any atom is -0.368 e. The Bertz CT molecular complexity index is 533. The van der Waals surface area contributed by atoms with E-state index in [2.05, 4.69) is 19.5 Å². The van der Waals surface area contributed by atoms with Crippen molar-refractivity contribution in [3.05, 3.63) is 29.4 Å². The number of nitrogen functional groups attached to an aromatic ring is 1. The first-order valence-electron chi connectivity index (χ1n) is 6.05. The molecule has 0 spiro atoms. The van der Waals surface area contributed by atoms with Crippen molar-refractivity contribution in [3.8, 4) is 0 Å². The largest absolute Gasteiger partial charge is 0.368 e. The van der Waals surface area contributed by atoms with Crippen LogP contribution >= 0.6 is 11.6 Å². The summed E-state index contributed by atoms with van der Waals surface area (Å²) >= 11 is 5.86. The molecule has 0 radical (unpaired) electrons. The lowest BCUT2D eigenvalue weighted by atomic mass is 10.3. The molecule has 7 heteroatoms. The molecule has 0 saturated carbocycles. The van der Waals surface area contributed by atoms with Crippen LogP contribution in [0.2, 0.25) is 5.15 Å². The zero-order valence-corrected chi connectivity index (χ0v) is 11.8. The molecule has 0 bridgehead atoms. The molecular weight excluding hydrogens is 264 g/mol. The van der Waals surface area contributed by atoms with Gasteiger partial charge in [0.2, 0.25) is 5.95 Å². The predicted molar refractivity (Wildman–Crippen MR) is 76.3 cm³/mol. The van der Waals surface area contributed by atoms with Crippen molar-refractivity contribution >= 4 is 23.4 Å². The standard InChI is InChI=1S/C12H17ClN6/c1-9-15-4-7-19(9)6-3-5-18(2)11-8-10(13)16-12(14)17-11/h4,7-8H,3,5-6H2,1-2H3,(H2,14,16,17). The summed E-state index contributed by atoms with van der Waals surface area (Å²) in [6.45, 7) is 3.77. The average molecular weight is 281 g/mol. The first-order valence-corrected chi connectivity index (χ1v) is 6.43. The Balaban J connectivity index is 1.90. The van der Waals surface area contributed by atoms with E-state index in [1.165, 1.54) is 0 Å². The number of hydrogen-bond donors (Lipinski definition) is 1. The number of imidazole rings is 1. The molecule has 6 nitrogen and oxygen atoms in total. The van der Waals surface area contributed by atoms with Crippen LogP contribution in [0.3, 0.4) is 0 Å². The quantitative estimate of drug-likeness (QED) is 0.845. The highest BCUT2D eigenvalue weighted by atomic mass is 35.5. The summed E-state index contributed by atoms with van der Waals surface area (Å²) in [4.78, 5) is 14.2. The Morgan fingerprint density at radius 2 is 2.21 bits per heavy atom. The van der Waals surface area contributed by atoms with Gasteiger partial charge in [-0.25, -0.2) is 9.97 Å². The minimum absolute atomic E-state index is 0.194. The maximum absolute atomic E-state index is 5.86. The van der Waals surface area contributed by atoms with E-state index in [1.807, 2.05) is 31.3 Å². The van der Waals surface area contributed by atoms with Gasteiger partial charge in [0, 0.05) is 38.6 Å². The van der Waals surface area contributed by atoms with Crippen molar-refractivity contribution in [1.29, 1.82) is 0 Å². The Hall–Kier alpha value is -1.82. The number of hydrogen-bond acceptors (Lipinski definition) is 5. The third-order valence-electron chi connectivity index (χ3n) is 2.91. The number of aromatic nitrogens is 4. The van der Waals surface area contributed by atoms with Crippen molar-refractivity contribution in [2.75, 3.05) is 24.2 Å². The zero-order valence-electron chi connectivity index (χ0n) is 11.0. The number of aryl methyl sites for hydroxylation is 2. The molecule has 0 saturated heterocycles. The van der Waals surface area contributed by atoms with Crippen molar-refractivity contribution in [2.45, 2.75) is 19.9 Å². The summed E-state index contributed by atoms with van der Waals surface area (Å²) in [6, 6.07) is 1.71. The Kier molecular flexibility index (Phi) is 4.21. The van der Waals surface area contributed by atoms with Crippen molar-refractivity contribution in [2.24, 2.45) is 0 Å². The highest BCUT2D eigenvalue weighted by Gasteiger charge is 2.06. The van der Waals surface area contributed by atoms with Gasteiger partial charge >= 0.3 is 0 Å². The van der Waals surface area contributed by atoms with Crippen LogP contribution in [0.4, 0.5) is 11.8 Å². The Labute approximate surface area is 117 Å². The molecular formula is C12H17ClN6. The van der Waals surface area contributed by atoms with Gasteiger partial charge in [-0.1, -0.05) is 11.6 Å². The van der Waals surface area contributed by atoms with Gasteiger partial charge in [0.15, 0.2) is 0 Å². The normalized spacial score (nSPS) is 10.7. The first kappa shape index (κ1) is 13.6. The minimum atomic E-state index is 0.194. The monoisotopic (exact) mass is 280 g/mol. The van der Waals surface area contributed by atoms with Crippen LogP contribution in [-0.4, -0.2) is 33.1 Å². The maximum Gasteiger partial charge on any atom is 0.223 e. The second-order valence-corrected chi connectivity index (χ2v) is 4.74. The highest BCUT2D eigenvalue weighted by Crippen LogP contribution is 2.16. The predicted octanol–water partition coefficient (Wildman–Crippen LogP) is 1.74. The molecule has 0 aliphatic heterocycles. The van der Waals surface area contributed by atoms with Gasteiger partial charge in [-0.2, -0.15) is 4.98 Å². The number of anilines is 2. The molecule has 2 rings (SSSR count). The molecule has 0 amide bonds. The van der Waals surface area contributed by atoms with Crippen LogP contribution in [0.15, 0.2) is 18.5 Å². The smallest absolute Gasteiger partial charge is 0.223 e. The number of halogens is 1. The topological polar surface area (TPSA) is 72.9 Å². The van der Waals surface area contributed by atoms with E-state index in [9.17, 15) is 0 Å². The lowest BCUT2D eigenvalue weighted by molar-refractivity contribution is 0.621. The molecule has 2 heterocycles. The lowest BCUT2D eigenvalue weighted by Crippen LogP contribution is -2.21. The van der Waals surface area contributed by atoms with E-state index in [0.717, 1.165) is 31.2 Å². The summed E-state index contributed by atoms with van der Waals surface area (Å²) in [5.41, 5.74) is 5.58. The molecule has 0 aliphatic rings. The highest BCUT2D eigenvalue weighted by molar-refractivity contribution is 6.29. The van der Waals surface area contributed by atoms with Gasteiger partial charge in [-0.3, -0.25) is 0 Å². The summed E-state index contributed by atoms with van der Waals surface area (Å²) in [7, 11) is 1.96. The van der Waals surface area contributed by atoms with E-state index < -0.39 is 0 Å². The third-order valence-corrected chi connectivity index (χ3v) is 3.10. The van der Waals surface area contributed by atoms with Crippen LogP contribution in [0.1, 0.15) is 12.2 Å². The molecule has 0 aliphatic carbocycles. The molecule has 0 fully saturated rings. The average Bonchev–Trinajstić information content (AvgIpc) is 2.74. The number of nitrogens with two attached hydrogens (primary N) is 1. The fraction of sp³-hybridized carbons (Fsp3) is 0.417. The van der Waals surface area contributed by atoms with Gasteiger partial charge in [0.1, 0.15) is 16.8 Å². The second-order valence-electron chi connectivity index (χ2n) is 4.35. The molecule has 19 heavy (non-hydrogen) atoms. The van der Waals surface area contributed by atoms with Crippen molar-refractivity contribution < 1.29 is 0 Å². The summed E-state index contributed by atoms with van der Waals surface area (Å²) < 4.78 is 2.12. The summed E-state index contributed by atoms with van der Waals surface area (Å²) in [5.74, 6) is 1.96. The van der Waals surface area contributed by atoms with E-state index in [0.29, 0.717) is 5.15 Å². The third kappa shape index (κ3) is 3.57. The van der Waals surface area contributed by atoms with Crippen molar-refractivity contribution in [1.82, 2.24) is 19.5 Å². The fourth-order valence-corrected chi connectivity index (χ4v) is 2.04. The lowest BCUT2D eigenvalue weighted by Gasteiger charge is -2.18. The summed E-state index contributed by atoms with van der Waals surface area (Å²) in [6.07, 6.45) is 4.77. The van der Waals surface area contributed by atoms with E-state index in [1.54, 1.807) is 6.07 Å². The maximum atomic E-state index is 5.86. The second kappa shape index (κ2) is 5.88. The zero-order chi connectivity index (χ0) is 13.8.